The van der Waals surface area contributed by atoms with Crippen LogP contribution in [0.15, 0.2) is 30.3 Å². The fourth-order valence-corrected chi connectivity index (χ4v) is 5.44. The predicted octanol–water partition coefficient (Wildman–Crippen LogP) is 3.80. The van der Waals surface area contributed by atoms with Gasteiger partial charge in [0, 0.05) is 12.1 Å². The molecule has 0 aromatic heterocycles. The van der Waals surface area contributed by atoms with E-state index in [1.165, 1.54) is 0 Å². The van der Waals surface area contributed by atoms with Crippen LogP contribution in [0, 0.1) is 0 Å². The molecular formula is C18H29NO2Si. The molecule has 122 valence electrons. The molecule has 3 nitrogen and oxygen atoms in total. The molecule has 1 aliphatic rings. The van der Waals surface area contributed by atoms with Crippen molar-refractivity contribution in [2.24, 2.45) is 0 Å². The lowest BCUT2D eigenvalue weighted by Gasteiger charge is -2.34. The van der Waals surface area contributed by atoms with Gasteiger partial charge >= 0.3 is 0 Å². The number of epoxide rings is 1. The molecule has 0 radical (unpaired) electrons. The minimum absolute atomic E-state index is 0.0508. The quantitative estimate of drug-likeness (QED) is 0.611. The first-order valence-corrected chi connectivity index (χ1v) is 11.8. The second-order valence-electron chi connectivity index (χ2n) is 7.87. The van der Waals surface area contributed by atoms with Gasteiger partial charge in [-0.1, -0.05) is 50.0 Å². The van der Waals surface area contributed by atoms with E-state index in [1.54, 1.807) is 0 Å². The third kappa shape index (κ3) is 2.86. The van der Waals surface area contributed by atoms with Gasteiger partial charge in [0.25, 0.3) is 5.91 Å². The van der Waals surface area contributed by atoms with Crippen LogP contribution >= 0.6 is 0 Å². The second kappa shape index (κ2) is 5.82. The number of carbonyl (C=O) groups excluding carboxylic acids is 1. The van der Waals surface area contributed by atoms with Crippen LogP contribution in [0.5, 0.6) is 0 Å². The minimum atomic E-state index is -1.59. The van der Waals surface area contributed by atoms with E-state index in [2.05, 4.69) is 47.3 Å². The molecule has 1 saturated heterocycles. The number of amides is 1. The van der Waals surface area contributed by atoms with Crippen molar-refractivity contribution >= 4 is 14.0 Å². The van der Waals surface area contributed by atoms with E-state index in [4.69, 9.17) is 4.74 Å². The van der Waals surface area contributed by atoms with Gasteiger partial charge in [0.05, 0.1) is 13.8 Å². The molecule has 1 heterocycles. The number of benzene rings is 1. The summed E-state index contributed by atoms with van der Waals surface area (Å²) in [6.45, 7) is 15.1. The summed E-state index contributed by atoms with van der Waals surface area (Å²) < 4.78 is 6.17. The van der Waals surface area contributed by atoms with E-state index in [9.17, 15) is 4.79 Å². The monoisotopic (exact) mass is 319 g/mol. The Kier molecular flexibility index (Phi) is 4.55. The van der Waals surface area contributed by atoms with E-state index in [-0.39, 0.29) is 23.7 Å². The van der Waals surface area contributed by atoms with Gasteiger partial charge in [0.15, 0.2) is 5.60 Å². The summed E-state index contributed by atoms with van der Waals surface area (Å²) in [6, 6.07) is 10.3. The molecule has 1 fully saturated rings. The Morgan fingerprint density at radius 1 is 1.09 bits per heavy atom. The normalized spacial score (nSPS) is 24.7. The second-order valence-corrected chi connectivity index (χ2v) is 13.1. The third-order valence-electron chi connectivity index (χ3n) is 4.27. The van der Waals surface area contributed by atoms with Gasteiger partial charge in [-0.15, -0.1) is 0 Å². The highest BCUT2D eigenvalue weighted by atomic mass is 28.3. The Hall–Kier alpha value is -1.13. The lowest BCUT2D eigenvalue weighted by atomic mass is 9.96. The van der Waals surface area contributed by atoms with E-state index >= 15 is 0 Å². The van der Waals surface area contributed by atoms with Crippen molar-refractivity contribution in [1.29, 1.82) is 0 Å². The summed E-state index contributed by atoms with van der Waals surface area (Å²) in [6.07, 6.45) is 0. The molecule has 4 heteroatoms. The van der Waals surface area contributed by atoms with Crippen molar-refractivity contribution in [2.75, 3.05) is 0 Å². The summed E-state index contributed by atoms with van der Waals surface area (Å²) in [5.74, 6) is 0.121. The van der Waals surface area contributed by atoms with Gasteiger partial charge < -0.3 is 9.64 Å². The zero-order valence-electron chi connectivity index (χ0n) is 14.9. The van der Waals surface area contributed by atoms with Crippen LogP contribution in [0.4, 0.5) is 0 Å². The summed E-state index contributed by atoms with van der Waals surface area (Å²) in [5, 5.41) is 0. The standard InChI is InChI=1S/C18H29NO2Si/c1-13(2)19(14(3)4)16(20)18(15-11-9-8-10-12-15)17(21-18)22(5,6)7/h8-14,17H,1-7H3/t17-,18+/m0/s1. The Balaban J connectivity index is 2.46. The highest BCUT2D eigenvalue weighted by Gasteiger charge is 2.69. The van der Waals surface area contributed by atoms with E-state index in [1.807, 2.05) is 35.2 Å². The fourth-order valence-electron chi connectivity index (χ4n) is 3.39. The summed E-state index contributed by atoms with van der Waals surface area (Å²) >= 11 is 0. The highest BCUT2D eigenvalue weighted by molar-refractivity contribution is 6.78. The van der Waals surface area contributed by atoms with Crippen LogP contribution in [0.25, 0.3) is 0 Å². The van der Waals surface area contributed by atoms with Crippen LogP contribution in [0.3, 0.4) is 0 Å². The Morgan fingerprint density at radius 2 is 1.59 bits per heavy atom. The van der Waals surface area contributed by atoms with Crippen LogP contribution in [-0.2, 0) is 15.1 Å². The van der Waals surface area contributed by atoms with Crippen LogP contribution < -0.4 is 0 Å². The number of nitrogens with zero attached hydrogens (tertiary/aromatic N) is 1. The van der Waals surface area contributed by atoms with E-state index < -0.39 is 13.7 Å². The molecule has 2 atom stereocenters. The Labute approximate surface area is 135 Å². The smallest absolute Gasteiger partial charge is 0.262 e. The molecule has 0 N–H and O–H groups in total. The Bertz CT molecular complexity index is 528. The van der Waals surface area contributed by atoms with Crippen LogP contribution in [0.2, 0.25) is 19.6 Å². The largest absolute Gasteiger partial charge is 0.354 e. The van der Waals surface area contributed by atoms with Gasteiger partial charge in [0.1, 0.15) is 0 Å². The van der Waals surface area contributed by atoms with Gasteiger partial charge in [-0.25, -0.2) is 0 Å². The number of carbonyl (C=O) groups is 1. The summed E-state index contributed by atoms with van der Waals surface area (Å²) in [5.41, 5.74) is 0.286. The first-order valence-electron chi connectivity index (χ1n) is 8.18. The maximum atomic E-state index is 13.4. The third-order valence-corrected chi connectivity index (χ3v) is 6.37. The lowest BCUT2D eigenvalue weighted by Crippen LogP contribution is -2.50. The average Bonchev–Trinajstić information content (AvgIpc) is 3.15. The molecule has 1 amide bonds. The van der Waals surface area contributed by atoms with Gasteiger partial charge in [-0.05, 0) is 33.3 Å². The molecule has 0 unspecified atom stereocenters. The summed E-state index contributed by atoms with van der Waals surface area (Å²) in [7, 11) is -1.59. The molecule has 1 aromatic rings. The van der Waals surface area contributed by atoms with Crippen molar-refractivity contribution < 1.29 is 9.53 Å². The van der Waals surface area contributed by atoms with Crippen molar-refractivity contribution in [3.8, 4) is 0 Å². The molecule has 0 saturated carbocycles. The van der Waals surface area contributed by atoms with Crippen molar-refractivity contribution in [2.45, 2.75) is 70.7 Å². The fraction of sp³-hybridized carbons (Fsp3) is 0.611. The summed E-state index contributed by atoms with van der Waals surface area (Å²) in [4.78, 5) is 15.4. The van der Waals surface area contributed by atoms with Crippen molar-refractivity contribution in [3.63, 3.8) is 0 Å². The number of hydrogen-bond donors (Lipinski definition) is 0. The lowest BCUT2D eigenvalue weighted by molar-refractivity contribution is -0.141. The van der Waals surface area contributed by atoms with Crippen molar-refractivity contribution in [3.05, 3.63) is 35.9 Å². The first-order chi connectivity index (χ1) is 10.1. The molecule has 0 aliphatic carbocycles. The maximum absolute atomic E-state index is 13.4. The molecule has 0 bridgehead atoms. The van der Waals surface area contributed by atoms with Gasteiger partial charge in [-0.3, -0.25) is 4.79 Å². The topological polar surface area (TPSA) is 32.8 Å². The Morgan fingerprint density at radius 3 is 1.95 bits per heavy atom. The maximum Gasteiger partial charge on any atom is 0.262 e. The average molecular weight is 320 g/mol. The zero-order valence-corrected chi connectivity index (χ0v) is 15.9. The number of rotatable bonds is 5. The molecular weight excluding hydrogens is 290 g/mol. The predicted molar refractivity (Wildman–Crippen MR) is 93.5 cm³/mol. The van der Waals surface area contributed by atoms with Crippen molar-refractivity contribution in [1.82, 2.24) is 4.90 Å². The molecule has 0 spiro atoms. The molecule has 1 aliphatic heterocycles. The molecule has 1 aromatic carbocycles. The van der Waals surface area contributed by atoms with Crippen LogP contribution in [-0.4, -0.2) is 36.7 Å². The first kappa shape index (κ1) is 17.2. The zero-order chi connectivity index (χ0) is 16.7. The van der Waals surface area contributed by atoms with E-state index in [0.29, 0.717) is 0 Å². The minimum Gasteiger partial charge on any atom is -0.354 e. The molecule has 2 rings (SSSR count). The van der Waals surface area contributed by atoms with Crippen LogP contribution in [0.1, 0.15) is 33.3 Å². The number of ether oxygens (including phenoxy) is 1. The van der Waals surface area contributed by atoms with Gasteiger partial charge in [-0.2, -0.15) is 0 Å². The SMILES string of the molecule is CC(C)N(C(=O)[C@@]1(c2ccccc2)O[C@H]1[Si](C)(C)C)C(C)C. The highest BCUT2D eigenvalue weighted by Crippen LogP contribution is 2.52. The van der Waals surface area contributed by atoms with E-state index in [0.717, 1.165) is 5.56 Å². The van der Waals surface area contributed by atoms with Gasteiger partial charge in [0.2, 0.25) is 0 Å². The molecule has 22 heavy (non-hydrogen) atoms. The number of hydrogen-bond acceptors (Lipinski definition) is 2.